The number of nitrogens with one attached hydrogen (secondary N) is 1. The Labute approximate surface area is 135 Å². The van der Waals surface area contributed by atoms with Crippen LogP contribution in [0, 0.1) is 0 Å². The molecule has 0 fully saturated rings. The van der Waals surface area contributed by atoms with E-state index in [4.69, 9.17) is 0 Å². The van der Waals surface area contributed by atoms with Gasteiger partial charge in [0.25, 0.3) is 0 Å². The molecule has 7 heteroatoms. The lowest BCUT2D eigenvalue weighted by atomic mass is 10.2. The molecule has 0 unspecified atom stereocenters. The summed E-state index contributed by atoms with van der Waals surface area (Å²) in [5.74, 6) is 0. The summed E-state index contributed by atoms with van der Waals surface area (Å²) in [5, 5.41) is 13.1. The zero-order chi connectivity index (χ0) is 14.8. The lowest BCUT2D eigenvalue weighted by Gasteiger charge is -2.01. The van der Waals surface area contributed by atoms with Crippen molar-refractivity contribution in [2.24, 2.45) is 0 Å². The van der Waals surface area contributed by atoms with Crippen molar-refractivity contribution in [3.05, 3.63) is 53.1 Å². The van der Waals surface area contributed by atoms with Crippen LogP contribution in [0.4, 0.5) is 5.13 Å². The highest BCUT2D eigenvalue weighted by Crippen LogP contribution is 2.27. The Balaban J connectivity index is 1.49. The molecule has 4 rings (SSSR count). The Morgan fingerprint density at radius 3 is 2.91 bits per heavy atom. The molecule has 0 aliphatic rings. The molecule has 4 heterocycles. The number of imidazole rings is 1. The predicted octanol–water partition coefficient (Wildman–Crippen LogP) is 3.57. The van der Waals surface area contributed by atoms with E-state index in [1.165, 1.54) is 5.56 Å². The number of aromatic nitrogens is 4. The summed E-state index contributed by atoms with van der Waals surface area (Å²) in [6.07, 6.45) is 6.46. The van der Waals surface area contributed by atoms with E-state index in [-0.39, 0.29) is 0 Å². The zero-order valence-corrected chi connectivity index (χ0v) is 13.3. The number of rotatable bonds is 5. The first-order chi connectivity index (χ1) is 10.9. The van der Waals surface area contributed by atoms with Crippen molar-refractivity contribution in [1.82, 2.24) is 19.6 Å². The minimum Gasteiger partial charge on any atom is -0.360 e. The minimum absolute atomic E-state index is 0.842. The number of fused-ring (bicyclic) bond motifs is 1. The van der Waals surface area contributed by atoms with Crippen molar-refractivity contribution < 1.29 is 0 Å². The van der Waals surface area contributed by atoms with Gasteiger partial charge in [0, 0.05) is 29.9 Å². The van der Waals surface area contributed by atoms with Crippen LogP contribution in [-0.2, 0) is 6.42 Å². The molecule has 0 radical (unpaired) electrons. The monoisotopic (exact) mass is 327 g/mol. The molecule has 0 aliphatic carbocycles. The van der Waals surface area contributed by atoms with Crippen LogP contribution in [0.25, 0.3) is 16.2 Å². The summed E-state index contributed by atoms with van der Waals surface area (Å²) in [4.78, 5) is 9.37. The Bertz CT molecular complexity index is 864. The van der Waals surface area contributed by atoms with Gasteiger partial charge in [0.05, 0.1) is 11.9 Å². The molecule has 0 bridgehead atoms. The first-order valence-corrected chi connectivity index (χ1v) is 8.66. The third-order valence-corrected chi connectivity index (χ3v) is 4.91. The van der Waals surface area contributed by atoms with Crippen molar-refractivity contribution in [2.75, 3.05) is 11.9 Å². The Morgan fingerprint density at radius 2 is 2.09 bits per heavy atom. The predicted molar refractivity (Wildman–Crippen MR) is 90.6 cm³/mol. The molecule has 1 N–H and O–H groups in total. The van der Waals surface area contributed by atoms with Crippen LogP contribution in [0.3, 0.4) is 0 Å². The fraction of sp³-hybridized carbons (Fsp3) is 0.133. The van der Waals surface area contributed by atoms with Gasteiger partial charge in [-0.3, -0.25) is 4.98 Å². The lowest BCUT2D eigenvalue weighted by molar-refractivity contribution is 0.951. The Kier molecular flexibility index (Phi) is 3.57. The second-order valence-electron chi connectivity index (χ2n) is 4.79. The maximum atomic E-state index is 4.61. The molecular formula is C15H13N5S2. The van der Waals surface area contributed by atoms with Crippen molar-refractivity contribution in [3.8, 4) is 11.3 Å². The summed E-state index contributed by atoms with van der Waals surface area (Å²) in [6.45, 7) is 0.842. The highest BCUT2D eigenvalue weighted by Gasteiger charge is 2.11. The van der Waals surface area contributed by atoms with Crippen molar-refractivity contribution in [1.29, 1.82) is 0 Å². The fourth-order valence-electron chi connectivity index (χ4n) is 2.23. The summed E-state index contributed by atoms with van der Waals surface area (Å²) in [7, 11) is 0. The highest BCUT2D eigenvalue weighted by atomic mass is 32.1. The number of nitrogens with zero attached hydrogens (tertiary/aromatic N) is 4. The average molecular weight is 327 g/mol. The highest BCUT2D eigenvalue weighted by molar-refractivity contribution is 7.20. The van der Waals surface area contributed by atoms with Crippen LogP contribution >= 0.6 is 22.7 Å². The molecule has 4 aromatic rings. The van der Waals surface area contributed by atoms with Gasteiger partial charge in [0.1, 0.15) is 0 Å². The molecule has 22 heavy (non-hydrogen) atoms. The maximum Gasteiger partial charge on any atom is 0.214 e. The van der Waals surface area contributed by atoms with E-state index in [1.807, 2.05) is 35.2 Å². The smallest absolute Gasteiger partial charge is 0.214 e. The third kappa shape index (κ3) is 2.60. The lowest BCUT2D eigenvalue weighted by Crippen LogP contribution is -2.05. The molecule has 0 spiro atoms. The van der Waals surface area contributed by atoms with E-state index in [0.29, 0.717) is 0 Å². The van der Waals surface area contributed by atoms with Crippen LogP contribution in [0.2, 0.25) is 0 Å². The quantitative estimate of drug-likeness (QED) is 0.609. The van der Waals surface area contributed by atoms with E-state index in [9.17, 15) is 0 Å². The Morgan fingerprint density at radius 1 is 1.18 bits per heavy atom. The standard InChI is InChI=1S/C15H13N5S2/c1-5-16-6-2-11(1)3-7-17-14-19-20-13(9-18-15(20)22-14)12-4-8-21-10-12/h1-2,4-6,8-10H,3,7H2,(H,17,19). The first-order valence-electron chi connectivity index (χ1n) is 6.90. The van der Waals surface area contributed by atoms with Gasteiger partial charge in [-0.15, -0.1) is 5.10 Å². The topological polar surface area (TPSA) is 55.1 Å². The molecule has 0 aliphatic heterocycles. The van der Waals surface area contributed by atoms with Crippen molar-refractivity contribution >= 4 is 32.8 Å². The van der Waals surface area contributed by atoms with Gasteiger partial charge < -0.3 is 5.32 Å². The maximum absolute atomic E-state index is 4.61. The summed E-state index contributed by atoms with van der Waals surface area (Å²) in [5.41, 5.74) is 3.46. The second kappa shape index (κ2) is 5.86. The molecule has 0 saturated carbocycles. The SMILES string of the molecule is c1cc(CCNc2nn3c(-c4ccsc4)cnc3s2)ccn1. The van der Waals surface area contributed by atoms with Crippen molar-refractivity contribution in [3.63, 3.8) is 0 Å². The molecule has 0 atom stereocenters. The third-order valence-electron chi connectivity index (χ3n) is 3.34. The summed E-state index contributed by atoms with van der Waals surface area (Å²) >= 11 is 3.25. The van der Waals surface area contributed by atoms with Crippen LogP contribution < -0.4 is 5.32 Å². The molecule has 0 saturated heterocycles. The number of anilines is 1. The zero-order valence-electron chi connectivity index (χ0n) is 11.6. The molecule has 0 aromatic carbocycles. The summed E-state index contributed by atoms with van der Waals surface area (Å²) < 4.78 is 1.90. The van der Waals surface area contributed by atoms with Crippen LogP contribution in [-0.4, -0.2) is 26.1 Å². The number of thiophene rings is 1. The van der Waals surface area contributed by atoms with Gasteiger partial charge in [0.2, 0.25) is 10.1 Å². The normalized spacial score (nSPS) is 11.1. The van der Waals surface area contributed by atoms with Gasteiger partial charge in [-0.1, -0.05) is 11.3 Å². The minimum atomic E-state index is 0.842. The first kappa shape index (κ1) is 13.4. The van der Waals surface area contributed by atoms with E-state index in [2.05, 4.69) is 37.2 Å². The molecule has 0 amide bonds. The number of pyridine rings is 1. The molecule has 5 nitrogen and oxygen atoms in total. The molecule has 4 aromatic heterocycles. The van der Waals surface area contributed by atoms with Gasteiger partial charge in [-0.25, -0.2) is 9.50 Å². The summed E-state index contributed by atoms with van der Waals surface area (Å²) in [6, 6.07) is 6.15. The van der Waals surface area contributed by atoms with Gasteiger partial charge in [0.15, 0.2) is 0 Å². The van der Waals surface area contributed by atoms with Crippen LogP contribution in [0.1, 0.15) is 5.56 Å². The number of hydrogen-bond donors (Lipinski definition) is 1. The molecule has 110 valence electrons. The largest absolute Gasteiger partial charge is 0.360 e. The van der Waals surface area contributed by atoms with Crippen molar-refractivity contribution in [2.45, 2.75) is 6.42 Å². The van der Waals surface area contributed by atoms with Crippen LogP contribution in [0.5, 0.6) is 0 Å². The van der Waals surface area contributed by atoms with Gasteiger partial charge >= 0.3 is 0 Å². The fourth-order valence-corrected chi connectivity index (χ4v) is 3.68. The number of hydrogen-bond acceptors (Lipinski definition) is 6. The average Bonchev–Trinajstić information content (AvgIpc) is 3.24. The van der Waals surface area contributed by atoms with E-state index in [1.54, 1.807) is 22.7 Å². The molecular weight excluding hydrogens is 314 g/mol. The van der Waals surface area contributed by atoms with Gasteiger partial charge in [-0.2, -0.15) is 11.3 Å². The van der Waals surface area contributed by atoms with Crippen LogP contribution in [0.15, 0.2) is 47.5 Å². The van der Waals surface area contributed by atoms with E-state index in [0.717, 1.165) is 34.3 Å². The van der Waals surface area contributed by atoms with Gasteiger partial charge in [-0.05, 0) is 35.6 Å². The van der Waals surface area contributed by atoms with E-state index >= 15 is 0 Å². The van der Waals surface area contributed by atoms with E-state index < -0.39 is 0 Å². The Hall–Kier alpha value is -2.25. The second-order valence-corrected chi connectivity index (χ2v) is 6.53.